The molecule has 110 valence electrons. The summed E-state index contributed by atoms with van der Waals surface area (Å²) < 4.78 is 5.72. The lowest BCUT2D eigenvalue weighted by atomic mass is 10.1. The molecule has 0 spiro atoms. The molecule has 0 aromatic heterocycles. The first-order chi connectivity index (χ1) is 9.83. The van der Waals surface area contributed by atoms with Crippen LogP contribution in [0.5, 0.6) is 0 Å². The van der Waals surface area contributed by atoms with Gasteiger partial charge in [0, 0.05) is 38.0 Å². The van der Waals surface area contributed by atoms with E-state index in [4.69, 9.17) is 4.74 Å². The molecular weight excluding hydrogens is 248 g/mol. The van der Waals surface area contributed by atoms with Gasteiger partial charge in [0.05, 0.1) is 6.10 Å². The second-order valence-electron chi connectivity index (χ2n) is 6.08. The van der Waals surface area contributed by atoms with E-state index in [0.29, 0.717) is 12.1 Å². The van der Waals surface area contributed by atoms with Gasteiger partial charge in [-0.15, -0.1) is 0 Å². The predicted molar refractivity (Wildman–Crippen MR) is 83.2 cm³/mol. The minimum atomic E-state index is 0.402. The standard InChI is InChI=1S/C17H26N2O/c1-14(17-5-4-12-20-17)18-13-15-6-8-16(9-7-15)19-10-2-3-11-19/h6-9,14,17-18H,2-5,10-13H2,1H3. The van der Waals surface area contributed by atoms with E-state index in [1.54, 1.807) is 0 Å². The third-order valence-electron chi connectivity index (χ3n) is 4.56. The van der Waals surface area contributed by atoms with Crippen molar-refractivity contribution < 1.29 is 4.74 Å². The number of anilines is 1. The Labute approximate surface area is 122 Å². The molecule has 2 saturated heterocycles. The number of hydrogen-bond acceptors (Lipinski definition) is 3. The van der Waals surface area contributed by atoms with Crippen molar-refractivity contribution in [3.05, 3.63) is 29.8 Å². The molecule has 2 fully saturated rings. The monoisotopic (exact) mass is 274 g/mol. The van der Waals surface area contributed by atoms with E-state index in [0.717, 1.165) is 13.2 Å². The van der Waals surface area contributed by atoms with Gasteiger partial charge in [-0.3, -0.25) is 0 Å². The van der Waals surface area contributed by atoms with Gasteiger partial charge in [-0.25, -0.2) is 0 Å². The van der Waals surface area contributed by atoms with Gasteiger partial charge in [-0.2, -0.15) is 0 Å². The van der Waals surface area contributed by atoms with Crippen molar-refractivity contribution in [3.63, 3.8) is 0 Å². The Morgan fingerprint density at radius 3 is 2.60 bits per heavy atom. The fourth-order valence-corrected chi connectivity index (χ4v) is 3.21. The van der Waals surface area contributed by atoms with Crippen LogP contribution in [-0.2, 0) is 11.3 Å². The summed E-state index contributed by atoms with van der Waals surface area (Å²) in [5.41, 5.74) is 2.73. The van der Waals surface area contributed by atoms with E-state index < -0.39 is 0 Å². The topological polar surface area (TPSA) is 24.5 Å². The number of ether oxygens (including phenoxy) is 1. The molecule has 2 heterocycles. The Morgan fingerprint density at radius 1 is 1.20 bits per heavy atom. The van der Waals surface area contributed by atoms with Crippen LogP contribution >= 0.6 is 0 Å². The first-order valence-electron chi connectivity index (χ1n) is 8.02. The molecule has 0 bridgehead atoms. The smallest absolute Gasteiger partial charge is 0.0726 e. The lowest BCUT2D eigenvalue weighted by Gasteiger charge is -2.21. The highest BCUT2D eigenvalue weighted by molar-refractivity contribution is 5.48. The highest BCUT2D eigenvalue weighted by Crippen LogP contribution is 2.21. The number of nitrogens with one attached hydrogen (secondary N) is 1. The van der Waals surface area contributed by atoms with E-state index in [1.165, 1.54) is 50.0 Å². The SMILES string of the molecule is CC(NCc1ccc(N2CCCC2)cc1)C1CCCO1. The fourth-order valence-electron chi connectivity index (χ4n) is 3.21. The van der Waals surface area contributed by atoms with Gasteiger partial charge < -0.3 is 15.0 Å². The number of rotatable bonds is 5. The first kappa shape index (κ1) is 13.9. The summed E-state index contributed by atoms with van der Waals surface area (Å²) in [6.07, 6.45) is 5.48. The van der Waals surface area contributed by atoms with Crippen LogP contribution in [0.2, 0.25) is 0 Å². The Bertz CT molecular complexity index is 406. The predicted octanol–water partition coefficient (Wildman–Crippen LogP) is 2.94. The van der Waals surface area contributed by atoms with Crippen molar-refractivity contribution in [2.75, 3.05) is 24.6 Å². The molecule has 0 aliphatic carbocycles. The quantitative estimate of drug-likeness (QED) is 0.893. The number of nitrogens with zero attached hydrogens (tertiary/aromatic N) is 1. The van der Waals surface area contributed by atoms with Crippen LogP contribution in [-0.4, -0.2) is 31.8 Å². The van der Waals surface area contributed by atoms with Crippen molar-refractivity contribution in [1.82, 2.24) is 5.32 Å². The van der Waals surface area contributed by atoms with Gasteiger partial charge in [0.15, 0.2) is 0 Å². The van der Waals surface area contributed by atoms with Crippen molar-refractivity contribution >= 4 is 5.69 Å². The van der Waals surface area contributed by atoms with Crippen molar-refractivity contribution in [1.29, 1.82) is 0 Å². The van der Waals surface area contributed by atoms with E-state index in [1.807, 2.05) is 0 Å². The Morgan fingerprint density at radius 2 is 1.95 bits per heavy atom. The molecule has 20 heavy (non-hydrogen) atoms. The zero-order valence-corrected chi connectivity index (χ0v) is 12.5. The van der Waals surface area contributed by atoms with Crippen LogP contribution in [0.4, 0.5) is 5.69 Å². The second kappa shape index (κ2) is 6.59. The van der Waals surface area contributed by atoms with E-state index >= 15 is 0 Å². The molecule has 0 saturated carbocycles. The summed E-state index contributed by atoms with van der Waals surface area (Å²) in [5, 5.41) is 3.59. The maximum absolute atomic E-state index is 5.72. The molecule has 2 unspecified atom stereocenters. The summed E-state index contributed by atoms with van der Waals surface area (Å²) in [5.74, 6) is 0. The lowest BCUT2D eigenvalue weighted by molar-refractivity contribution is 0.0832. The molecule has 1 N–H and O–H groups in total. The van der Waals surface area contributed by atoms with Crippen LogP contribution in [0.3, 0.4) is 0 Å². The van der Waals surface area contributed by atoms with Gasteiger partial charge in [0.25, 0.3) is 0 Å². The molecule has 2 atom stereocenters. The van der Waals surface area contributed by atoms with Crippen molar-refractivity contribution in [2.45, 2.75) is 51.3 Å². The average Bonchev–Trinajstić information content (AvgIpc) is 3.18. The normalized spacial score (nSPS) is 24.2. The van der Waals surface area contributed by atoms with E-state index in [9.17, 15) is 0 Å². The zero-order valence-electron chi connectivity index (χ0n) is 12.5. The molecule has 3 rings (SSSR count). The average molecular weight is 274 g/mol. The van der Waals surface area contributed by atoms with Crippen molar-refractivity contribution in [2.24, 2.45) is 0 Å². The highest BCUT2D eigenvalue weighted by Gasteiger charge is 2.21. The number of benzene rings is 1. The molecule has 3 nitrogen and oxygen atoms in total. The van der Waals surface area contributed by atoms with E-state index in [-0.39, 0.29) is 0 Å². The summed E-state index contributed by atoms with van der Waals surface area (Å²) in [6, 6.07) is 9.47. The molecular formula is C17H26N2O. The van der Waals surface area contributed by atoms with Gasteiger partial charge in [-0.05, 0) is 50.3 Å². The minimum Gasteiger partial charge on any atom is -0.377 e. The largest absolute Gasteiger partial charge is 0.377 e. The summed E-state index contributed by atoms with van der Waals surface area (Å²) in [4.78, 5) is 2.48. The Kier molecular flexibility index (Phi) is 4.58. The molecule has 1 aromatic rings. The zero-order chi connectivity index (χ0) is 13.8. The molecule has 0 radical (unpaired) electrons. The van der Waals surface area contributed by atoms with Crippen LogP contribution in [0.25, 0.3) is 0 Å². The van der Waals surface area contributed by atoms with Crippen LogP contribution in [0.15, 0.2) is 24.3 Å². The Hall–Kier alpha value is -1.06. The first-order valence-corrected chi connectivity index (χ1v) is 8.02. The summed E-state index contributed by atoms with van der Waals surface area (Å²) in [7, 11) is 0. The third kappa shape index (κ3) is 3.33. The molecule has 2 aliphatic heterocycles. The van der Waals surface area contributed by atoms with Gasteiger partial charge in [0.1, 0.15) is 0 Å². The third-order valence-corrected chi connectivity index (χ3v) is 4.56. The molecule has 1 aromatic carbocycles. The van der Waals surface area contributed by atoms with Gasteiger partial charge in [0.2, 0.25) is 0 Å². The molecule has 0 amide bonds. The summed E-state index contributed by atoms with van der Waals surface area (Å²) in [6.45, 7) is 6.53. The van der Waals surface area contributed by atoms with Gasteiger partial charge >= 0.3 is 0 Å². The lowest BCUT2D eigenvalue weighted by Crippen LogP contribution is -2.36. The Balaban J connectivity index is 1.50. The van der Waals surface area contributed by atoms with E-state index in [2.05, 4.69) is 41.4 Å². The molecule has 3 heteroatoms. The van der Waals surface area contributed by atoms with Crippen LogP contribution in [0.1, 0.15) is 38.2 Å². The minimum absolute atomic E-state index is 0.402. The highest BCUT2D eigenvalue weighted by atomic mass is 16.5. The fraction of sp³-hybridized carbons (Fsp3) is 0.647. The molecule has 2 aliphatic rings. The number of hydrogen-bond donors (Lipinski definition) is 1. The van der Waals surface area contributed by atoms with Crippen LogP contribution < -0.4 is 10.2 Å². The van der Waals surface area contributed by atoms with Crippen molar-refractivity contribution in [3.8, 4) is 0 Å². The van der Waals surface area contributed by atoms with Crippen LogP contribution in [0, 0.1) is 0 Å². The maximum atomic E-state index is 5.72. The van der Waals surface area contributed by atoms with Gasteiger partial charge in [-0.1, -0.05) is 12.1 Å². The maximum Gasteiger partial charge on any atom is 0.0726 e. The second-order valence-corrected chi connectivity index (χ2v) is 6.08. The summed E-state index contributed by atoms with van der Waals surface area (Å²) >= 11 is 0.